The van der Waals surface area contributed by atoms with Crippen molar-refractivity contribution in [1.82, 2.24) is 5.43 Å². The standard InChI is InChI=1S/C24H20N4O3S/c1-14-21-19(27-28-24(26)32)3-2-4-20(21)31-22(14)23(29)30-18-11-9-17(10-12-18)16-7-5-15(13-25)6-8-16/h5-12H,2-4H2,1H3,(H3,26,28,32)/b27-19+. The Bertz CT molecular complexity index is 1250. The number of nitrogens with two attached hydrogens (primary N) is 1. The molecule has 0 amide bonds. The summed E-state index contributed by atoms with van der Waals surface area (Å²) in [5.74, 6) is 0.714. The summed E-state index contributed by atoms with van der Waals surface area (Å²) in [4.78, 5) is 12.8. The van der Waals surface area contributed by atoms with Gasteiger partial charge < -0.3 is 14.9 Å². The number of nitrogens with one attached hydrogen (secondary N) is 1. The lowest BCUT2D eigenvalue weighted by Crippen LogP contribution is -2.26. The first kappa shape index (κ1) is 21.3. The molecule has 1 aliphatic carbocycles. The first-order valence-electron chi connectivity index (χ1n) is 10.0. The number of carbonyl (C=O) groups excluding carboxylic acids is 1. The van der Waals surface area contributed by atoms with Crippen LogP contribution in [0.1, 0.15) is 45.8 Å². The minimum absolute atomic E-state index is 0.0786. The summed E-state index contributed by atoms with van der Waals surface area (Å²) in [6, 6.07) is 16.5. The van der Waals surface area contributed by atoms with Gasteiger partial charge in [-0.3, -0.25) is 5.43 Å². The van der Waals surface area contributed by atoms with E-state index in [1.165, 1.54) is 0 Å². The summed E-state index contributed by atoms with van der Waals surface area (Å²) in [6.45, 7) is 1.81. The van der Waals surface area contributed by atoms with Crippen molar-refractivity contribution in [2.75, 3.05) is 0 Å². The third-order valence-electron chi connectivity index (χ3n) is 5.22. The van der Waals surface area contributed by atoms with Crippen LogP contribution in [0.15, 0.2) is 58.0 Å². The molecule has 0 saturated heterocycles. The minimum Gasteiger partial charge on any atom is -0.453 e. The van der Waals surface area contributed by atoms with Crippen LogP contribution in [0.25, 0.3) is 11.1 Å². The van der Waals surface area contributed by atoms with E-state index in [1.54, 1.807) is 24.3 Å². The lowest BCUT2D eigenvalue weighted by molar-refractivity contribution is 0.0698. The Morgan fingerprint density at radius 3 is 2.44 bits per heavy atom. The molecule has 0 atom stereocenters. The van der Waals surface area contributed by atoms with Crippen molar-refractivity contribution < 1.29 is 13.9 Å². The molecule has 0 saturated carbocycles. The Kier molecular flexibility index (Phi) is 6.01. The number of aryl methyl sites for hydroxylation is 1. The number of rotatable bonds is 4. The van der Waals surface area contributed by atoms with Gasteiger partial charge in [-0.1, -0.05) is 24.3 Å². The number of carbonyl (C=O) groups is 1. The van der Waals surface area contributed by atoms with Crippen LogP contribution in [-0.4, -0.2) is 16.8 Å². The molecule has 0 fully saturated rings. The number of ether oxygens (including phenoxy) is 1. The van der Waals surface area contributed by atoms with Gasteiger partial charge in [-0.2, -0.15) is 10.4 Å². The third-order valence-corrected chi connectivity index (χ3v) is 5.32. The number of benzene rings is 2. The van der Waals surface area contributed by atoms with Gasteiger partial charge in [-0.05, 0) is 67.4 Å². The van der Waals surface area contributed by atoms with Gasteiger partial charge in [0.05, 0.1) is 17.3 Å². The number of furan rings is 1. The Hall–Kier alpha value is -3.96. The van der Waals surface area contributed by atoms with Crippen molar-refractivity contribution in [3.05, 3.63) is 76.7 Å². The molecule has 8 heteroatoms. The van der Waals surface area contributed by atoms with E-state index in [0.717, 1.165) is 41.7 Å². The zero-order chi connectivity index (χ0) is 22.7. The highest BCUT2D eigenvalue weighted by atomic mass is 32.1. The predicted octanol–water partition coefficient (Wildman–Crippen LogP) is 4.22. The van der Waals surface area contributed by atoms with E-state index in [1.807, 2.05) is 31.2 Å². The van der Waals surface area contributed by atoms with Crippen LogP contribution in [0.2, 0.25) is 0 Å². The van der Waals surface area contributed by atoms with Gasteiger partial charge in [0.25, 0.3) is 0 Å². The second kappa shape index (κ2) is 9.04. The van der Waals surface area contributed by atoms with Crippen molar-refractivity contribution in [3.63, 3.8) is 0 Å². The van der Waals surface area contributed by atoms with Crippen LogP contribution in [-0.2, 0) is 6.42 Å². The van der Waals surface area contributed by atoms with Crippen LogP contribution in [0.5, 0.6) is 5.75 Å². The molecular formula is C24H20N4O3S. The first-order valence-corrected chi connectivity index (χ1v) is 10.4. The quantitative estimate of drug-likeness (QED) is 0.268. The summed E-state index contributed by atoms with van der Waals surface area (Å²) in [5, 5.41) is 13.3. The van der Waals surface area contributed by atoms with Crippen LogP contribution in [0, 0.1) is 18.3 Å². The van der Waals surface area contributed by atoms with Gasteiger partial charge in [-0.15, -0.1) is 0 Å². The summed E-state index contributed by atoms with van der Waals surface area (Å²) in [7, 11) is 0. The number of nitrogens with zero attached hydrogens (tertiary/aromatic N) is 2. The van der Waals surface area contributed by atoms with Gasteiger partial charge in [-0.25, -0.2) is 4.79 Å². The fourth-order valence-electron chi connectivity index (χ4n) is 3.70. The van der Waals surface area contributed by atoms with Gasteiger partial charge >= 0.3 is 5.97 Å². The molecule has 3 N–H and O–H groups in total. The van der Waals surface area contributed by atoms with E-state index in [0.29, 0.717) is 22.6 Å². The molecule has 1 aromatic heterocycles. The normalized spacial score (nSPS) is 13.8. The topological polar surface area (TPSA) is 114 Å². The van der Waals surface area contributed by atoms with Gasteiger partial charge in [0.15, 0.2) is 5.11 Å². The number of fused-ring (bicyclic) bond motifs is 1. The Balaban J connectivity index is 1.52. The largest absolute Gasteiger partial charge is 0.453 e. The van der Waals surface area contributed by atoms with Crippen LogP contribution in [0.4, 0.5) is 0 Å². The maximum atomic E-state index is 12.8. The van der Waals surface area contributed by atoms with E-state index in [2.05, 4.69) is 16.6 Å². The smallest absolute Gasteiger partial charge is 0.379 e. The molecule has 4 rings (SSSR count). The summed E-state index contributed by atoms with van der Waals surface area (Å²) < 4.78 is 11.4. The summed E-state index contributed by atoms with van der Waals surface area (Å²) >= 11 is 4.82. The molecule has 1 aliphatic rings. The molecule has 0 spiro atoms. The van der Waals surface area contributed by atoms with E-state index in [9.17, 15) is 4.79 Å². The van der Waals surface area contributed by atoms with Crippen molar-refractivity contribution in [1.29, 1.82) is 5.26 Å². The highest BCUT2D eigenvalue weighted by Gasteiger charge is 2.29. The second-order valence-electron chi connectivity index (χ2n) is 7.35. The molecule has 0 unspecified atom stereocenters. The Morgan fingerprint density at radius 1 is 1.16 bits per heavy atom. The molecule has 7 nitrogen and oxygen atoms in total. The van der Waals surface area contributed by atoms with Gasteiger partial charge in [0.2, 0.25) is 5.76 Å². The first-order chi connectivity index (χ1) is 15.5. The lowest BCUT2D eigenvalue weighted by Gasteiger charge is -2.13. The zero-order valence-electron chi connectivity index (χ0n) is 17.3. The molecule has 1 heterocycles. The number of hydrogen-bond donors (Lipinski definition) is 2. The third kappa shape index (κ3) is 4.38. The molecule has 0 radical (unpaired) electrons. The molecule has 0 aliphatic heterocycles. The second-order valence-corrected chi connectivity index (χ2v) is 7.79. The maximum Gasteiger partial charge on any atom is 0.379 e. The lowest BCUT2D eigenvalue weighted by atomic mass is 9.93. The van der Waals surface area contributed by atoms with E-state index in [-0.39, 0.29) is 10.9 Å². The fraction of sp³-hybridized carbons (Fsp3) is 0.167. The Morgan fingerprint density at radius 2 is 1.81 bits per heavy atom. The van der Waals surface area contributed by atoms with Crippen molar-refractivity contribution >= 4 is 29.0 Å². The average Bonchev–Trinajstić information content (AvgIpc) is 3.15. The maximum absolute atomic E-state index is 12.8. The summed E-state index contributed by atoms with van der Waals surface area (Å²) in [5.41, 5.74) is 12.8. The van der Waals surface area contributed by atoms with Crippen LogP contribution < -0.4 is 15.9 Å². The highest BCUT2D eigenvalue weighted by Crippen LogP contribution is 2.31. The van der Waals surface area contributed by atoms with Crippen LogP contribution >= 0.6 is 12.2 Å². The number of thiocarbonyl (C=S) groups is 1. The molecule has 32 heavy (non-hydrogen) atoms. The fourth-order valence-corrected chi connectivity index (χ4v) is 3.75. The van der Waals surface area contributed by atoms with Crippen molar-refractivity contribution in [2.24, 2.45) is 10.8 Å². The van der Waals surface area contributed by atoms with Crippen LogP contribution in [0.3, 0.4) is 0 Å². The number of hydrogen-bond acceptors (Lipinski definition) is 6. The highest BCUT2D eigenvalue weighted by molar-refractivity contribution is 7.80. The molecule has 160 valence electrons. The number of hydrazone groups is 1. The molecule has 2 aromatic carbocycles. The SMILES string of the molecule is Cc1c(C(=O)Oc2ccc(-c3ccc(C#N)cc3)cc2)oc2c1/C(=N/NC(N)=S)CCC2. The van der Waals surface area contributed by atoms with Crippen molar-refractivity contribution in [3.8, 4) is 22.9 Å². The van der Waals surface area contributed by atoms with Crippen molar-refractivity contribution in [2.45, 2.75) is 26.2 Å². The van der Waals surface area contributed by atoms with Gasteiger partial charge in [0.1, 0.15) is 11.5 Å². The average molecular weight is 445 g/mol. The molecular weight excluding hydrogens is 424 g/mol. The minimum atomic E-state index is -0.565. The van der Waals surface area contributed by atoms with E-state index >= 15 is 0 Å². The monoisotopic (exact) mass is 444 g/mol. The van der Waals surface area contributed by atoms with Gasteiger partial charge in [0, 0.05) is 17.5 Å². The summed E-state index contributed by atoms with van der Waals surface area (Å²) in [6.07, 6.45) is 2.30. The predicted molar refractivity (Wildman–Crippen MR) is 124 cm³/mol. The number of nitriles is 1. The molecule has 3 aromatic rings. The van der Waals surface area contributed by atoms with E-state index < -0.39 is 5.97 Å². The number of esters is 1. The Labute approximate surface area is 190 Å². The molecule has 0 bridgehead atoms. The van der Waals surface area contributed by atoms with E-state index in [4.69, 9.17) is 32.4 Å². The zero-order valence-corrected chi connectivity index (χ0v) is 18.2.